The van der Waals surface area contributed by atoms with Crippen LogP contribution < -0.4 is 5.32 Å². The molecule has 1 N–H and O–H groups in total. The van der Waals surface area contributed by atoms with Gasteiger partial charge < -0.3 is 14.6 Å². The van der Waals surface area contributed by atoms with Gasteiger partial charge in [-0.1, -0.05) is 20.8 Å². The largest absolute Gasteiger partial charge is 0.449 e. The van der Waals surface area contributed by atoms with E-state index < -0.39 is 5.54 Å². The van der Waals surface area contributed by atoms with E-state index in [0.717, 1.165) is 17.7 Å². The molecule has 2 fully saturated rings. The summed E-state index contributed by atoms with van der Waals surface area (Å²) in [7, 11) is 0. The number of benzene rings is 1. The average Bonchev–Trinajstić information content (AvgIpc) is 3.22. The lowest BCUT2D eigenvalue weighted by Gasteiger charge is -2.53. The summed E-state index contributed by atoms with van der Waals surface area (Å²) in [6.45, 7) is 17.8. The van der Waals surface area contributed by atoms with Crippen molar-refractivity contribution in [2.75, 3.05) is 32.7 Å². The van der Waals surface area contributed by atoms with Crippen LogP contribution in [-0.2, 0) is 10.2 Å². The first-order valence-corrected chi connectivity index (χ1v) is 14.0. The number of pyridine rings is 1. The summed E-state index contributed by atoms with van der Waals surface area (Å²) in [5.74, 6) is -0.144. The molecule has 5 rings (SSSR count). The van der Waals surface area contributed by atoms with E-state index in [4.69, 9.17) is 9.40 Å². The van der Waals surface area contributed by atoms with Crippen molar-refractivity contribution < 1.29 is 18.4 Å². The highest BCUT2D eigenvalue weighted by molar-refractivity contribution is 5.97. The van der Waals surface area contributed by atoms with Crippen molar-refractivity contribution >= 4 is 22.9 Å². The Morgan fingerprint density at radius 3 is 2.38 bits per heavy atom. The number of halogens is 1. The maximum atomic E-state index is 13.9. The first-order valence-electron chi connectivity index (χ1n) is 14.0. The number of hydrazine groups is 1. The second-order valence-corrected chi connectivity index (χ2v) is 13.3. The number of furan rings is 1. The highest BCUT2D eigenvalue weighted by Crippen LogP contribution is 2.36. The van der Waals surface area contributed by atoms with Crippen LogP contribution in [-0.4, -0.2) is 75.5 Å². The van der Waals surface area contributed by atoms with Crippen molar-refractivity contribution in [2.45, 2.75) is 71.4 Å². The summed E-state index contributed by atoms with van der Waals surface area (Å²) in [6, 6.07) is 9.97. The predicted molar refractivity (Wildman–Crippen MR) is 153 cm³/mol. The van der Waals surface area contributed by atoms with Gasteiger partial charge in [-0.25, -0.2) is 19.4 Å². The van der Waals surface area contributed by atoms with E-state index in [2.05, 4.69) is 63.8 Å². The summed E-state index contributed by atoms with van der Waals surface area (Å²) in [4.78, 5) is 32.8. The Kier molecular flexibility index (Phi) is 7.03. The fraction of sp³-hybridized carbons (Fsp3) is 0.516. The van der Waals surface area contributed by atoms with Gasteiger partial charge in [-0.3, -0.25) is 9.59 Å². The molecule has 2 amide bonds. The van der Waals surface area contributed by atoms with Gasteiger partial charge in [0.2, 0.25) is 5.91 Å². The third kappa shape index (κ3) is 5.37. The summed E-state index contributed by atoms with van der Waals surface area (Å²) in [5, 5.41) is 7.55. The number of amides is 2. The van der Waals surface area contributed by atoms with Gasteiger partial charge in [0.25, 0.3) is 5.91 Å². The predicted octanol–water partition coefficient (Wildman–Crippen LogP) is 4.98. The van der Waals surface area contributed by atoms with Crippen LogP contribution >= 0.6 is 0 Å². The molecule has 2 saturated heterocycles. The van der Waals surface area contributed by atoms with Crippen LogP contribution in [0.3, 0.4) is 0 Å². The molecular weight excluding hydrogens is 509 g/mol. The van der Waals surface area contributed by atoms with E-state index in [1.54, 1.807) is 18.2 Å². The zero-order valence-electron chi connectivity index (χ0n) is 24.6. The summed E-state index contributed by atoms with van der Waals surface area (Å²) in [5.41, 5.74) is 2.58. The standard InChI is InChI=1S/C31H40FN5O3/c1-29(2,3)22-16-23(20-8-10-21(32)11-9-20)34-24-17-25(40-27(22)24)28(39)36-15-14-35(19-31(36,6)7)37-13-12-33-26(38)18-30(37,4)5/h8-11,16-17H,12-15,18-19H2,1-7H3,(H,33,38). The maximum Gasteiger partial charge on any atom is 0.290 e. The molecule has 1 aromatic carbocycles. The number of piperazine rings is 1. The Balaban J connectivity index is 1.44. The van der Waals surface area contributed by atoms with Crippen LogP contribution in [0, 0.1) is 5.82 Å². The minimum atomic E-state index is -0.478. The van der Waals surface area contributed by atoms with E-state index in [1.165, 1.54) is 12.1 Å². The molecule has 0 saturated carbocycles. The molecule has 8 nitrogen and oxygen atoms in total. The number of nitrogens with zero attached hydrogens (tertiary/aromatic N) is 4. The van der Waals surface area contributed by atoms with Gasteiger partial charge >= 0.3 is 0 Å². The van der Waals surface area contributed by atoms with Crippen LogP contribution in [0.2, 0.25) is 0 Å². The molecule has 214 valence electrons. The fourth-order valence-corrected chi connectivity index (χ4v) is 5.97. The van der Waals surface area contributed by atoms with E-state index >= 15 is 0 Å². The molecule has 3 aromatic rings. The van der Waals surface area contributed by atoms with E-state index in [-0.39, 0.29) is 34.3 Å². The van der Waals surface area contributed by atoms with Gasteiger partial charge in [0.1, 0.15) is 11.3 Å². The number of carbonyl (C=O) groups excluding carboxylic acids is 2. The zero-order chi connectivity index (χ0) is 29.0. The van der Waals surface area contributed by atoms with Crippen molar-refractivity contribution in [1.82, 2.24) is 25.2 Å². The third-order valence-electron chi connectivity index (χ3n) is 8.04. The van der Waals surface area contributed by atoms with Crippen molar-refractivity contribution in [1.29, 1.82) is 0 Å². The van der Waals surface area contributed by atoms with Gasteiger partial charge in [-0.2, -0.15) is 0 Å². The van der Waals surface area contributed by atoms with Gasteiger partial charge in [-0.05, 0) is 63.4 Å². The quantitative estimate of drug-likeness (QED) is 0.496. The highest BCUT2D eigenvalue weighted by Gasteiger charge is 2.43. The first-order chi connectivity index (χ1) is 18.7. The van der Waals surface area contributed by atoms with Gasteiger partial charge in [-0.15, -0.1) is 0 Å². The number of hydrogen-bond donors (Lipinski definition) is 1. The van der Waals surface area contributed by atoms with Gasteiger partial charge in [0, 0.05) is 61.9 Å². The second-order valence-electron chi connectivity index (χ2n) is 13.3. The van der Waals surface area contributed by atoms with Gasteiger partial charge in [0.05, 0.1) is 11.2 Å². The highest BCUT2D eigenvalue weighted by atomic mass is 19.1. The lowest BCUT2D eigenvalue weighted by atomic mass is 9.86. The Labute approximate surface area is 235 Å². The van der Waals surface area contributed by atoms with Crippen LogP contribution in [0.4, 0.5) is 4.39 Å². The number of nitrogens with one attached hydrogen (secondary N) is 1. The van der Waals surface area contributed by atoms with Crippen LogP contribution in [0.5, 0.6) is 0 Å². The molecule has 4 heterocycles. The number of aromatic nitrogens is 1. The van der Waals surface area contributed by atoms with Crippen molar-refractivity contribution in [3.63, 3.8) is 0 Å². The molecule has 0 aliphatic carbocycles. The van der Waals surface area contributed by atoms with Crippen LogP contribution in [0.25, 0.3) is 22.4 Å². The van der Waals surface area contributed by atoms with Crippen molar-refractivity contribution in [3.8, 4) is 11.3 Å². The van der Waals surface area contributed by atoms with Crippen molar-refractivity contribution in [2.24, 2.45) is 0 Å². The number of fused-ring (bicyclic) bond motifs is 1. The Morgan fingerprint density at radius 1 is 1.02 bits per heavy atom. The Bertz CT molecular complexity index is 1440. The molecule has 9 heteroatoms. The third-order valence-corrected chi connectivity index (χ3v) is 8.04. The summed E-state index contributed by atoms with van der Waals surface area (Å²) in [6.07, 6.45) is 0.425. The first kappa shape index (κ1) is 28.2. The molecule has 0 atom stereocenters. The van der Waals surface area contributed by atoms with E-state index in [0.29, 0.717) is 49.4 Å². The normalized spacial score (nSPS) is 20.4. The molecule has 0 bridgehead atoms. The molecule has 2 aliphatic rings. The van der Waals surface area contributed by atoms with Gasteiger partial charge in [0.15, 0.2) is 11.3 Å². The van der Waals surface area contributed by atoms with Crippen LogP contribution in [0.15, 0.2) is 40.8 Å². The lowest BCUT2D eigenvalue weighted by Crippen LogP contribution is -2.67. The lowest BCUT2D eigenvalue weighted by molar-refractivity contribution is -0.141. The number of carbonyl (C=O) groups is 2. The molecule has 2 aliphatic heterocycles. The molecule has 2 aromatic heterocycles. The number of rotatable bonds is 3. The molecular formula is C31H40FN5O3. The Morgan fingerprint density at radius 2 is 1.73 bits per heavy atom. The molecule has 40 heavy (non-hydrogen) atoms. The van der Waals surface area contributed by atoms with Crippen LogP contribution in [0.1, 0.15) is 71.0 Å². The zero-order valence-corrected chi connectivity index (χ0v) is 24.6. The topological polar surface area (TPSA) is 81.9 Å². The molecule has 0 unspecified atom stereocenters. The molecule has 0 radical (unpaired) electrons. The Hall–Kier alpha value is -3.30. The van der Waals surface area contributed by atoms with Crippen molar-refractivity contribution in [3.05, 3.63) is 53.5 Å². The monoisotopic (exact) mass is 549 g/mol. The SMILES string of the molecule is CC(C)(C)c1cc(-c2ccc(F)cc2)nc2cc(C(=O)N3CCN(N4CCNC(=O)CC4(C)C)CC3(C)C)oc12. The summed E-state index contributed by atoms with van der Waals surface area (Å²) < 4.78 is 19.8. The second kappa shape index (κ2) is 9.96. The molecule has 0 spiro atoms. The minimum Gasteiger partial charge on any atom is -0.449 e. The smallest absolute Gasteiger partial charge is 0.290 e. The van der Waals surface area contributed by atoms with E-state index in [1.807, 2.05) is 11.0 Å². The minimum absolute atomic E-state index is 0.0660. The summed E-state index contributed by atoms with van der Waals surface area (Å²) >= 11 is 0. The fourth-order valence-electron chi connectivity index (χ4n) is 5.97. The average molecular weight is 550 g/mol. The maximum absolute atomic E-state index is 13.9. The number of hydrogen-bond acceptors (Lipinski definition) is 6. The van der Waals surface area contributed by atoms with E-state index in [9.17, 15) is 14.0 Å².